The van der Waals surface area contributed by atoms with Gasteiger partial charge in [0.15, 0.2) is 0 Å². The first-order chi connectivity index (χ1) is 18.1. The molecular weight excluding hydrogens is 468 g/mol. The first-order valence-electron chi connectivity index (χ1n) is 12.8. The van der Waals surface area contributed by atoms with Crippen molar-refractivity contribution >= 4 is 5.97 Å². The first kappa shape index (κ1) is 27.0. The summed E-state index contributed by atoms with van der Waals surface area (Å²) in [7, 11) is 0. The van der Waals surface area contributed by atoms with E-state index in [1.54, 1.807) is 6.92 Å². The predicted octanol–water partition coefficient (Wildman–Crippen LogP) is 5.48. The van der Waals surface area contributed by atoms with Gasteiger partial charge in [-0.2, -0.15) is 0 Å². The van der Waals surface area contributed by atoms with Crippen LogP contribution in [0.1, 0.15) is 37.0 Å². The van der Waals surface area contributed by atoms with Gasteiger partial charge in [0, 0.05) is 0 Å². The Hall–Kier alpha value is -3.03. The van der Waals surface area contributed by atoms with Crippen LogP contribution >= 0.6 is 0 Å². The zero-order valence-corrected chi connectivity index (χ0v) is 21.6. The molecule has 0 bridgehead atoms. The van der Waals surface area contributed by atoms with Crippen molar-refractivity contribution in [3.05, 3.63) is 108 Å². The fourth-order valence-corrected chi connectivity index (χ4v) is 4.61. The molecule has 4 atom stereocenters. The van der Waals surface area contributed by atoms with Crippen molar-refractivity contribution in [2.24, 2.45) is 0 Å². The van der Waals surface area contributed by atoms with Gasteiger partial charge in [-0.05, 0) is 30.5 Å². The summed E-state index contributed by atoms with van der Waals surface area (Å²) in [4.78, 5) is 12.5. The molecule has 1 unspecified atom stereocenters. The Morgan fingerprint density at radius 3 is 1.92 bits per heavy atom. The first-order valence-corrected chi connectivity index (χ1v) is 12.8. The molecule has 0 aliphatic carbocycles. The van der Waals surface area contributed by atoms with E-state index >= 15 is 0 Å². The smallest absolute Gasteiger partial charge is 0.308 e. The standard InChI is InChI=1S/C31H36O6/c1-3-34-29(32)19-28-31(2,36-22-26-17-11-6-12-18-26)30(35-21-25-15-9-5-10-16-25)27(37-28)23-33-20-24-13-7-4-8-14-24/h4-18,27-28,30H,3,19-23H2,1-2H3/t27-,28?,30-,31-/m1/s1. The Morgan fingerprint density at radius 2 is 1.35 bits per heavy atom. The molecule has 0 spiro atoms. The van der Waals surface area contributed by atoms with Crippen LogP contribution in [0.15, 0.2) is 91.0 Å². The van der Waals surface area contributed by atoms with Gasteiger partial charge in [-0.15, -0.1) is 0 Å². The molecule has 1 fully saturated rings. The minimum absolute atomic E-state index is 0.0690. The topological polar surface area (TPSA) is 63.2 Å². The molecule has 1 aliphatic heterocycles. The average Bonchev–Trinajstić information content (AvgIpc) is 3.18. The molecule has 3 aromatic rings. The quantitative estimate of drug-likeness (QED) is 0.287. The third kappa shape index (κ3) is 7.49. The van der Waals surface area contributed by atoms with E-state index in [1.807, 2.05) is 97.9 Å². The SMILES string of the molecule is CCOC(=O)CC1O[C@H](COCc2ccccc2)[C@@H](OCc2ccccc2)[C@]1(C)OCc1ccccc1. The van der Waals surface area contributed by atoms with E-state index in [0.29, 0.717) is 33.0 Å². The molecule has 1 saturated heterocycles. The minimum atomic E-state index is -0.905. The van der Waals surface area contributed by atoms with E-state index in [4.69, 9.17) is 23.7 Å². The van der Waals surface area contributed by atoms with Crippen LogP contribution < -0.4 is 0 Å². The summed E-state index contributed by atoms with van der Waals surface area (Å²) in [5, 5.41) is 0. The Bertz CT molecular complexity index is 1070. The third-order valence-electron chi connectivity index (χ3n) is 6.60. The van der Waals surface area contributed by atoms with Crippen molar-refractivity contribution in [1.29, 1.82) is 0 Å². The maximum atomic E-state index is 12.5. The molecule has 6 nitrogen and oxygen atoms in total. The van der Waals surface area contributed by atoms with Crippen LogP contribution in [-0.2, 0) is 48.3 Å². The summed E-state index contributed by atoms with van der Waals surface area (Å²) in [6, 6.07) is 29.9. The molecule has 4 rings (SSSR count). The summed E-state index contributed by atoms with van der Waals surface area (Å²) >= 11 is 0. The van der Waals surface area contributed by atoms with E-state index in [0.717, 1.165) is 16.7 Å². The number of esters is 1. The Balaban J connectivity index is 1.54. The van der Waals surface area contributed by atoms with Crippen molar-refractivity contribution < 1.29 is 28.5 Å². The second-order valence-electron chi connectivity index (χ2n) is 9.35. The van der Waals surface area contributed by atoms with E-state index in [9.17, 15) is 4.79 Å². The number of rotatable bonds is 13. The van der Waals surface area contributed by atoms with Crippen LogP contribution in [-0.4, -0.2) is 43.1 Å². The largest absolute Gasteiger partial charge is 0.466 e. The molecule has 0 radical (unpaired) electrons. The Labute approximate surface area is 219 Å². The number of hydrogen-bond acceptors (Lipinski definition) is 6. The van der Waals surface area contributed by atoms with Crippen molar-refractivity contribution in [3.8, 4) is 0 Å². The van der Waals surface area contributed by atoms with Crippen molar-refractivity contribution in [3.63, 3.8) is 0 Å². The number of ether oxygens (including phenoxy) is 5. The molecule has 0 aromatic heterocycles. The van der Waals surface area contributed by atoms with Gasteiger partial charge in [0.05, 0.1) is 45.6 Å². The molecule has 6 heteroatoms. The van der Waals surface area contributed by atoms with Gasteiger partial charge in [-0.1, -0.05) is 91.0 Å². The van der Waals surface area contributed by atoms with Gasteiger partial charge in [0.25, 0.3) is 0 Å². The van der Waals surface area contributed by atoms with Crippen LogP contribution in [0.2, 0.25) is 0 Å². The molecule has 0 N–H and O–H groups in total. The lowest BCUT2D eigenvalue weighted by Gasteiger charge is -2.35. The van der Waals surface area contributed by atoms with Gasteiger partial charge >= 0.3 is 5.97 Å². The van der Waals surface area contributed by atoms with Crippen LogP contribution in [0.3, 0.4) is 0 Å². The highest BCUT2D eigenvalue weighted by molar-refractivity contribution is 5.70. The van der Waals surface area contributed by atoms with Crippen LogP contribution in [0, 0.1) is 0 Å². The predicted molar refractivity (Wildman–Crippen MR) is 141 cm³/mol. The number of carbonyl (C=O) groups excluding carboxylic acids is 1. The van der Waals surface area contributed by atoms with E-state index in [1.165, 1.54) is 0 Å². The second kappa shape index (κ2) is 13.5. The fraction of sp³-hybridized carbons (Fsp3) is 0.387. The van der Waals surface area contributed by atoms with E-state index in [2.05, 4.69) is 0 Å². The number of carbonyl (C=O) groups is 1. The number of benzene rings is 3. The maximum absolute atomic E-state index is 12.5. The maximum Gasteiger partial charge on any atom is 0.308 e. The third-order valence-corrected chi connectivity index (χ3v) is 6.60. The van der Waals surface area contributed by atoms with Crippen molar-refractivity contribution in [1.82, 2.24) is 0 Å². The molecule has 0 amide bonds. The molecule has 37 heavy (non-hydrogen) atoms. The van der Waals surface area contributed by atoms with Crippen molar-refractivity contribution in [2.75, 3.05) is 13.2 Å². The lowest BCUT2D eigenvalue weighted by molar-refractivity contribution is -0.160. The highest BCUT2D eigenvalue weighted by atomic mass is 16.6. The van der Waals surface area contributed by atoms with E-state index in [-0.39, 0.29) is 12.4 Å². The molecule has 1 aliphatic rings. The average molecular weight is 505 g/mol. The molecule has 1 heterocycles. The monoisotopic (exact) mass is 504 g/mol. The second-order valence-corrected chi connectivity index (χ2v) is 9.35. The van der Waals surface area contributed by atoms with Crippen molar-refractivity contribution in [2.45, 2.75) is 64.0 Å². The molecule has 3 aromatic carbocycles. The summed E-state index contributed by atoms with van der Waals surface area (Å²) in [5.74, 6) is -0.324. The number of hydrogen-bond donors (Lipinski definition) is 0. The normalized spacial score (nSPS) is 23.1. The summed E-state index contributed by atoms with van der Waals surface area (Å²) in [6.45, 7) is 5.58. The van der Waals surface area contributed by atoms with Crippen LogP contribution in [0.5, 0.6) is 0 Å². The van der Waals surface area contributed by atoms with Gasteiger partial charge in [0.2, 0.25) is 0 Å². The van der Waals surface area contributed by atoms with Crippen LogP contribution in [0.4, 0.5) is 0 Å². The van der Waals surface area contributed by atoms with Gasteiger partial charge < -0.3 is 23.7 Å². The Morgan fingerprint density at radius 1 is 0.811 bits per heavy atom. The highest BCUT2D eigenvalue weighted by Gasteiger charge is 2.56. The van der Waals surface area contributed by atoms with Gasteiger partial charge in [0.1, 0.15) is 17.8 Å². The summed E-state index contributed by atoms with van der Waals surface area (Å²) in [5.41, 5.74) is 2.25. The zero-order valence-electron chi connectivity index (χ0n) is 21.6. The summed E-state index contributed by atoms with van der Waals surface area (Å²) < 4.78 is 30.8. The van der Waals surface area contributed by atoms with E-state index < -0.39 is 23.9 Å². The zero-order chi connectivity index (χ0) is 25.9. The molecular formula is C31H36O6. The Kier molecular flexibility index (Phi) is 9.85. The fourth-order valence-electron chi connectivity index (χ4n) is 4.61. The lowest BCUT2D eigenvalue weighted by atomic mass is 9.90. The van der Waals surface area contributed by atoms with Crippen LogP contribution in [0.25, 0.3) is 0 Å². The van der Waals surface area contributed by atoms with Gasteiger partial charge in [-0.3, -0.25) is 4.79 Å². The summed E-state index contributed by atoms with van der Waals surface area (Å²) in [6.07, 6.45) is -1.37. The van der Waals surface area contributed by atoms with Gasteiger partial charge in [-0.25, -0.2) is 0 Å². The minimum Gasteiger partial charge on any atom is -0.466 e. The molecule has 196 valence electrons. The molecule has 0 saturated carbocycles. The lowest BCUT2D eigenvalue weighted by Crippen LogP contribution is -2.50. The highest BCUT2D eigenvalue weighted by Crippen LogP contribution is 2.40.